The molecule has 2 aromatic carbocycles. The highest BCUT2D eigenvalue weighted by molar-refractivity contribution is 5.95. The molecule has 0 spiro atoms. The topological polar surface area (TPSA) is 88.7 Å². The van der Waals surface area contributed by atoms with Crippen LogP contribution in [0.2, 0.25) is 0 Å². The van der Waals surface area contributed by atoms with Gasteiger partial charge in [-0.05, 0) is 61.4 Å². The third-order valence-corrected chi connectivity index (χ3v) is 4.73. The van der Waals surface area contributed by atoms with Crippen LogP contribution in [0.25, 0.3) is 0 Å². The Labute approximate surface area is 177 Å². The summed E-state index contributed by atoms with van der Waals surface area (Å²) in [6.45, 7) is 5.20. The van der Waals surface area contributed by atoms with E-state index in [4.69, 9.17) is 9.47 Å². The van der Waals surface area contributed by atoms with Gasteiger partial charge in [0.1, 0.15) is 12.4 Å². The molecule has 1 unspecified atom stereocenters. The Morgan fingerprint density at radius 2 is 1.63 bits per heavy atom. The minimum absolute atomic E-state index is 0.0423. The first-order valence-electron chi connectivity index (χ1n) is 10.3. The van der Waals surface area contributed by atoms with Crippen LogP contribution < -0.4 is 20.7 Å². The summed E-state index contributed by atoms with van der Waals surface area (Å²) >= 11 is 0. The quantitative estimate of drug-likeness (QED) is 0.583. The zero-order valence-electron chi connectivity index (χ0n) is 17.4. The molecule has 7 nitrogen and oxygen atoms in total. The standard InChI is InChI=1S/C23H29N3O4/c1-16(2)23(28)26-19-7-5-18(6-8-19)25-22(27)14-24-17-9-11-20(12-10-17)30-15-21-4-3-13-29-21/h5-12,16,21,24H,3-4,13-15H2,1-2H3,(H,25,27)(H,26,28). The third-order valence-electron chi connectivity index (χ3n) is 4.73. The van der Waals surface area contributed by atoms with Crippen LogP contribution in [-0.2, 0) is 14.3 Å². The van der Waals surface area contributed by atoms with Gasteiger partial charge in [0.15, 0.2) is 0 Å². The van der Waals surface area contributed by atoms with Gasteiger partial charge in [0, 0.05) is 29.6 Å². The van der Waals surface area contributed by atoms with E-state index in [1.54, 1.807) is 24.3 Å². The first kappa shape index (κ1) is 21.6. The second-order valence-electron chi connectivity index (χ2n) is 7.59. The molecule has 1 aliphatic heterocycles. The van der Waals surface area contributed by atoms with Crippen molar-refractivity contribution in [1.82, 2.24) is 0 Å². The number of benzene rings is 2. The number of hydrogen-bond acceptors (Lipinski definition) is 5. The average Bonchev–Trinajstić information content (AvgIpc) is 3.26. The fourth-order valence-corrected chi connectivity index (χ4v) is 2.94. The van der Waals surface area contributed by atoms with Crippen LogP contribution in [0.4, 0.5) is 17.1 Å². The van der Waals surface area contributed by atoms with Gasteiger partial charge < -0.3 is 25.4 Å². The zero-order valence-corrected chi connectivity index (χ0v) is 17.4. The van der Waals surface area contributed by atoms with Crippen molar-refractivity contribution in [3.05, 3.63) is 48.5 Å². The molecule has 1 aliphatic rings. The predicted octanol–water partition coefficient (Wildman–Crippen LogP) is 3.89. The van der Waals surface area contributed by atoms with Crippen molar-refractivity contribution in [2.75, 3.05) is 35.7 Å². The van der Waals surface area contributed by atoms with Crippen LogP contribution >= 0.6 is 0 Å². The molecule has 1 heterocycles. The summed E-state index contributed by atoms with van der Waals surface area (Å²) in [7, 11) is 0. The van der Waals surface area contributed by atoms with Crippen molar-refractivity contribution in [1.29, 1.82) is 0 Å². The van der Waals surface area contributed by atoms with E-state index in [1.807, 2.05) is 38.1 Å². The second-order valence-corrected chi connectivity index (χ2v) is 7.59. The molecule has 0 saturated carbocycles. The first-order valence-corrected chi connectivity index (χ1v) is 10.3. The summed E-state index contributed by atoms with van der Waals surface area (Å²) < 4.78 is 11.3. The first-order chi connectivity index (χ1) is 14.5. The summed E-state index contributed by atoms with van der Waals surface area (Å²) in [4.78, 5) is 23.9. The number of ether oxygens (including phenoxy) is 2. The van der Waals surface area contributed by atoms with Crippen LogP contribution in [0.1, 0.15) is 26.7 Å². The molecule has 3 rings (SSSR count). The Morgan fingerprint density at radius 1 is 1.00 bits per heavy atom. The van der Waals surface area contributed by atoms with Gasteiger partial charge in [-0.15, -0.1) is 0 Å². The number of hydrogen-bond donors (Lipinski definition) is 3. The highest BCUT2D eigenvalue weighted by atomic mass is 16.5. The molecule has 0 bridgehead atoms. The smallest absolute Gasteiger partial charge is 0.243 e. The molecule has 0 aliphatic carbocycles. The Bertz CT molecular complexity index is 829. The van der Waals surface area contributed by atoms with Gasteiger partial charge in [0.2, 0.25) is 11.8 Å². The molecule has 0 radical (unpaired) electrons. The van der Waals surface area contributed by atoms with Gasteiger partial charge in [-0.25, -0.2) is 0 Å². The van der Waals surface area contributed by atoms with Crippen LogP contribution in [0.15, 0.2) is 48.5 Å². The normalized spacial score (nSPS) is 15.6. The molecule has 2 aromatic rings. The second kappa shape index (κ2) is 10.6. The van der Waals surface area contributed by atoms with Gasteiger partial charge in [-0.2, -0.15) is 0 Å². The molecule has 0 aromatic heterocycles. The van der Waals surface area contributed by atoms with Gasteiger partial charge in [0.05, 0.1) is 12.6 Å². The lowest BCUT2D eigenvalue weighted by atomic mass is 10.2. The van der Waals surface area contributed by atoms with Gasteiger partial charge >= 0.3 is 0 Å². The summed E-state index contributed by atoms with van der Waals surface area (Å²) in [5.74, 6) is 0.495. The number of nitrogens with one attached hydrogen (secondary N) is 3. The molecular weight excluding hydrogens is 382 g/mol. The third kappa shape index (κ3) is 6.77. The van der Waals surface area contributed by atoms with Gasteiger partial charge in [0.25, 0.3) is 0 Å². The van der Waals surface area contributed by atoms with Crippen molar-refractivity contribution in [3.8, 4) is 5.75 Å². The maximum atomic E-state index is 12.2. The van der Waals surface area contributed by atoms with E-state index in [0.29, 0.717) is 18.0 Å². The van der Waals surface area contributed by atoms with Crippen molar-refractivity contribution in [3.63, 3.8) is 0 Å². The Kier molecular flexibility index (Phi) is 7.68. The van der Waals surface area contributed by atoms with Crippen molar-refractivity contribution in [2.24, 2.45) is 5.92 Å². The number of carbonyl (C=O) groups is 2. The Hall–Kier alpha value is -3.06. The summed E-state index contributed by atoms with van der Waals surface area (Å²) in [6.07, 6.45) is 2.33. The molecule has 30 heavy (non-hydrogen) atoms. The predicted molar refractivity (Wildman–Crippen MR) is 118 cm³/mol. The molecule has 2 amide bonds. The highest BCUT2D eigenvalue weighted by Gasteiger charge is 2.15. The summed E-state index contributed by atoms with van der Waals surface area (Å²) in [6, 6.07) is 14.5. The van der Waals surface area contributed by atoms with Crippen molar-refractivity contribution in [2.45, 2.75) is 32.8 Å². The lowest BCUT2D eigenvalue weighted by Crippen LogP contribution is -2.22. The minimum atomic E-state index is -0.160. The molecule has 1 fully saturated rings. The minimum Gasteiger partial charge on any atom is -0.491 e. The lowest BCUT2D eigenvalue weighted by molar-refractivity contribution is -0.119. The van der Waals surface area contributed by atoms with E-state index < -0.39 is 0 Å². The van der Waals surface area contributed by atoms with Crippen LogP contribution in [0, 0.1) is 5.92 Å². The number of amides is 2. The van der Waals surface area contributed by atoms with E-state index in [2.05, 4.69) is 16.0 Å². The monoisotopic (exact) mass is 411 g/mol. The SMILES string of the molecule is CC(C)C(=O)Nc1ccc(NC(=O)CNc2ccc(OCC3CCCO3)cc2)cc1. The Morgan fingerprint density at radius 3 is 2.23 bits per heavy atom. The lowest BCUT2D eigenvalue weighted by Gasteiger charge is -2.12. The molecule has 3 N–H and O–H groups in total. The highest BCUT2D eigenvalue weighted by Crippen LogP contribution is 2.19. The maximum Gasteiger partial charge on any atom is 0.243 e. The maximum absolute atomic E-state index is 12.2. The Balaban J connectivity index is 1.40. The van der Waals surface area contributed by atoms with E-state index in [9.17, 15) is 9.59 Å². The van der Waals surface area contributed by atoms with Crippen molar-refractivity contribution < 1.29 is 19.1 Å². The van der Waals surface area contributed by atoms with E-state index in [1.165, 1.54) is 0 Å². The number of anilines is 3. The van der Waals surface area contributed by atoms with E-state index >= 15 is 0 Å². The van der Waals surface area contributed by atoms with E-state index in [0.717, 1.165) is 30.9 Å². The number of rotatable bonds is 9. The van der Waals surface area contributed by atoms with Gasteiger partial charge in [-0.3, -0.25) is 9.59 Å². The fourth-order valence-electron chi connectivity index (χ4n) is 2.94. The largest absolute Gasteiger partial charge is 0.491 e. The molecule has 1 saturated heterocycles. The molecular formula is C23H29N3O4. The average molecular weight is 412 g/mol. The van der Waals surface area contributed by atoms with Crippen LogP contribution in [0.5, 0.6) is 5.75 Å². The summed E-state index contributed by atoms with van der Waals surface area (Å²) in [5, 5.41) is 8.73. The summed E-state index contributed by atoms with van der Waals surface area (Å²) in [5.41, 5.74) is 2.20. The molecule has 7 heteroatoms. The van der Waals surface area contributed by atoms with Gasteiger partial charge in [-0.1, -0.05) is 13.8 Å². The van der Waals surface area contributed by atoms with Crippen molar-refractivity contribution >= 4 is 28.9 Å². The number of carbonyl (C=O) groups excluding carboxylic acids is 2. The van der Waals surface area contributed by atoms with Crippen LogP contribution in [-0.4, -0.2) is 37.7 Å². The molecule has 1 atom stereocenters. The fraction of sp³-hybridized carbons (Fsp3) is 0.391. The molecule has 160 valence electrons. The van der Waals surface area contributed by atoms with E-state index in [-0.39, 0.29) is 30.4 Å². The van der Waals surface area contributed by atoms with Crippen LogP contribution in [0.3, 0.4) is 0 Å². The zero-order chi connectivity index (χ0) is 21.3.